The number of carbonyl (C=O) groups is 2. The highest BCUT2D eigenvalue weighted by Crippen LogP contribution is 2.46. The summed E-state index contributed by atoms with van der Waals surface area (Å²) < 4.78 is 71.2. The van der Waals surface area contributed by atoms with Crippen molar-refractivity contribution in [2.24, 2.45) is 11.3 Å². The van der Waals surface area contributed by atoms with Crippen molar-refractivity contribution in [2.75, 3.05) is 0 Å². The maximum Gasteiger partial charge on any atom is 0.416 e. The Hall–Kier alpha value is -2.82. The van der Waals surface area contributed by atoms with Crippen molar-refractivity contribution in [1.82, 2.24) is 5.32 Å². The van der Waals surface area contributed by atoms with E-state index in [0.717, 1.165) is 23.9 Å². The first kappa shape index (κ1) is 27.8. The first-order chi connectivity index (χ1) is 16.7. The van der Waals surface area contributed by atoms with Gasteiger partial charge in [-0.15, -0.1) is 11.8 Å². The van der Waals surface area contributed by atoms with Crippen LogP contribution >= 0.6 is 11.8 Å². The predicted octanol–water partition coefficient (Wildman–Crippen LogP) is 5.93. The van der Waals surface area contributed by atoms with Gasteiger partial charge >= 0.3 is 12.1 Å². The fourth-order valence-electron chi connectivity index (χ4n) is 3.82. The van der Waals surface area contributed by atoms with Crippen LogP contribution in [0.4, 0.5) is 22.0 Å². The Morgan fingerprint density at radius 3 is 2.33 bits per heavy atom. The number of hydrogen-bond donors (Lipinski definition) is 2. The normalized spacial score (nSPS) is 20.8. The van der Waals surface area contributed by atoms with E-state index in [1.165, 1.54) is 24.3 Å². The van der Waals surface area contributed by atoms with Crippen LogP contribution in [0.5, 0.6) is 0 Å². The fourth-order valence-corrected chi connectivity index (χ4v) is 4.97. The van der Waals surface area contributed by atoms with Crippen LogP contribution in [-0.4, -0.2) is 34.7 Å². The van der Waals surface area contributed by atoms with E-state index in [1.54, 1.807) is 26.8 Å². The van der Waals surface area contributed by atoms with Crippen LogP contribution in [0.1, 0.15) is 38.3 Å². The molecule has 0 saturated carbocycles. The summed E-state index contributed by atoms with van der Waals surface area (Å²) in [7, 11) is 0. The molecule has 2 aliphatic rings. The van der Waals surface area contributed by atoms with Crippen molar-refractivity contribution in [3.63, 3.8) is 0 Å². The van der Waals surface area contributed by atoms with E-state index in [4.69, 9.17) is 4.74 Å². The number of carbonyl (C=O) groups excluding carboxylic acids is 1. The van der Waals surface area contributed by atoms with E-state index in [-0.39, 0.29) is 22.8 Å². The van der Waals surface area contributed by atoms with E-state index < -0.39 is 52.7 Å². The molecule has 0 aromatic heterocycles. The molecule has 1 amide bonds. The number of aliphatic carboxylic acids is 1. The van der Waals surface area contributed by atoms with E-state index in [1.807, 2.05) is 0 Å². The molecule has 0 radical (unpaired) electrons. The van der Waals surface area contributed by atoms with Crippen LogP contribution in [0.15, 0.2) is 58.7 Å². The highest BCUT2D eigenvalue weighted by atomic mass is 32.2. The highest BCUT2D eigenvalue weighted by Gasteiger charge is 2.40. The number of benzene rings is 1. The minimum Gasteiger partial charge on any atom is -0.492 e. The van der Waals surface area contributed by atoms with Crippen LogP contribution in [0.25, 0.3) is 0 Å². The summed E-state index contributed by atoms with van der Waals surface area (Å²) in [6.07, 6.45) is -2.46. The number of fused-ring (bicyclic) bond motifs is 1. The van der Waals surface area contributed by atoms with Crippen molar-refractivity contribution >= 4 is 23.6 Å². The summed E-state index contributed by atoms with van der Waals surface area (Å²) in [5.74, 6) is -2.63. The number of carboxylic acids is 1. The van der Waals surface area contributed by atoms with Crippen LogP contribution in [0.3, 0.4) is 0 Å². The summed E-state index contributed by atoms with van der Waals surface area (Å²) in [5.41, 5.74) is -1.26. The summed E-state index contributed by atoms with van der Waals surface area (Å²) >= 11 is 0.933. The monoisotopic (exact) mass is 531 g/mol. The number of ether oxygens (including phenoxy) is 1. The molecule has 36 heavy (non-hydrogen) atoms. The third-order valence-corrected chi connectivity index (χ3v) is 7.65. The lowest BCUT2D eigenvalue weighted by Gasteiger charge is -2.32. The lowest BCUT2D eigenvalue weighted by atomic mass is 9.81. The summed E-state index contributed by atoms with van der Waals surface area (Å²) in [4.78, 5) is 24.9. The molecule has 1 aliphatic carbocycles. The molecule has 1 heterocycles. The molecule has 0 spiro atoms. The molecule has 11 heteroatoms. The third-order valence-electron chi connectivity index (χ3n) is 6.34. The van der Waals surface area contributed by atoms with Gasteiger partial charge in [0, 0.05) is 10.2 Å². The quantitative estimate of drug-likeness (QED) is 0.386. The Bertz CT molecular complexity index is 1090. The van der Waals surface area contributed by atoms with Crippen LogP contribution < -0.4 is 5.32 Å². The molecule has 1 aromatic rings. The molecule has 1 aliphatic heterocycles. The standard InChI is InChI=1S/C25H26F5NO4S/c1-4-24(2,3)20(23(33)34)31-22(32)15-9-10-17-16(11-18(36-17)21(26)27)19(15)35-12-13-5-7-14(8-6-13)25(28,29)30/h5-11,16-17,20-21H,4,12H2,1-3H3,(H,31,32)(H,33,34)/t16?,17?,20-/m1/s1. The Morgan fingerprint density at radius 1 is 1.17 bits per heavy atom. The zero-order chi connectivity index (χ0) is 26.8. The van der Waals surface area contributed by atoms with Gasteiger partial charge in [-0.2, -0.15) is 13.2 Å². The predicted molar refractivity (Wildman–Crippen MR) is 125 cm³/mol. The van der Waals surface area contributed by atoms with Crippen LogP contribution in [0, 0.1) is 11.3 Å². The highest BCUT2D eigenvalue weighted by molar-refractivity contribution is 8.04. The molecule has 1 aromatic carbocycles. The number of nitrogens with one attached hydrogen (secondary N) is 1. The summed E-state index contributed by atoms with van der Waals surface area (Å²) in [6.45, 7) is 4.96. The minimum atomic E-state index is -4.50. The summed E-state index contributed by atoms with van der Waals surface area (Å²) in [5, 5.41) is 11.7. The number of amides is 1. The molecule has 2 unspecified atom stereocenters. The molecule has 0 bridgehead atoms. The lowest BCUT2D eigenvalue weighted by molar-refractivity contribution is -0.144. The topological polar surface area (TPSA) is 75.6 Å². The Labute approximate surface area is 209 Å². The largest absolute Gasteiger partial charge is 0.492 e. The molecule has 2 N–H and O–H groups in total. The molecule has 196 valence electrons. The van der Waals surface area contributed by atoms with Crippen molar-refractivity contribution in [2.45, 2.75) is 57.7 Å². The maximum absolute atomic E-state index is 13.4. The number of carboxylic acid groups (broad SMARTS) is 1. The Balaban J connectivity index is 1.93. The second-order valence-electron chi connectivity index (χ2n) is 9.19. The van der Waals surface area contributed by atoms with Crippen molar-refractivity contribution in [1.29, 1.82) is 0 Å². The average molecular weight is 532 g/mol. The van der Waals surface area contributed by atoms with Gasteiger partial charge in [0.05, 0.1) is 17.1 Å². The SMILES string of the molecule is CCC(C)(C)[C@H](NC(=O)C1=C(OCc2ccc(C(F)(F)F)cc2)C2C=C(C(F)F)SC2C=C1)C(=O)O. The third kappa shape index (κ3) is 6.11. The van der Waals surface area contributed by atoms with Gasteiger partial charge in [0.2, 0.25) is 0 Å². The van der Waals surface area contributed by atoms with Gasteiger partial charge in [0.15, 0.2) is 0 Å². The summed E-state index contributed by atoms with van der Waals surface area (Å²) in [6, 6.07) is 3.03. The van der Waals surface area contributed by atoms with Gasteiger partial charge in [-0.25, -0.2) is 13.6 Å². The molecule has 0 saturated heterocycles. The van der Waals surface area contributed by atoms with Gasteiger partial charge in [-0.1, -0.05) is 45.1 Å². The number of hydrogen-bond acceptors (Lipinski definition) is 4. The smallest absolute Gasteiger partial charge is 0.416 e. The number of rotatable bonds is 9. The molecular weight excluding hydrogens is 505 g/mol. The molecule has 3 rings (SSSR count). The van der Waals surface area contributed by atoms with Gasteiger partial charge in [-0.3, -0.25) is 4.79 Å². The van der Waals surface area contributed by atoms with Gasteiger partial charge < -0.3 is 15.2 Å². The molecule has 5 nitrogen and oxygen atoms in total. The molecule has 0 fully saturated rings. The van der Waals surface area contributed by atoms with Gasteiger partial charge in [0.1, 0.15) is 18.4 Å². The van der Waals surface area contributed by atoms with E-state index >= 15 is 0 Å². The van der Waals surface area contributed by atoms with Crippen LogP contribution in [-0.2, 0) is 27.1 Å². The van der Waals surface area contributed by atoms with Crippen molar-refractivity contribution in [3.8, 4) is 0 Å². The maximum atomic E-state index is 13.4. The Kier molecular flexibility index (Phi) is 8.22. The number of halogens is 5. The van der Waals surface area contributed by atoms with Gasteiger partial charge in [-0.05, 0) is 35.6 Å². The van der Waals surface area contributed by atoms with E-state index in [2.05, 4.69) is 5.32 Å². The molecular formula is C25H26F5NO4S. The first-order valence-electron chi connectivity index (χ1n) is 11.2. The first-order valence-corrected chi connectivity index (χ1v) is 12.0. The van der Waals surface area contributed by atoms with E-state index in [9.17, 15) is 36.6 Å². The fraction of sp³-hybridized carbons (Fsp3) is 0.440. The molecule has 3 atom stereocenters. The van der Waals surface area contributed by atoms with Gasteiger partial charge in [0.25, 0.3) is 12.3 Å². The van der Waals surface area contributed by atoms with Crippen molar-refractivity contribution in [3.05, 3.63) is 69.9 Å². The lowest BCUT2D eigenvalue weighted by Crippen LogP contribution is -2.50. The second-order valence-corrected chi connectivity index (χ2v) is 10.4. The van der Waals surface area contributed by atoms with Crippen molar-refractivity contribution < 1.29 is 41.4 Å². The number of allylic oxidation sites excluding steroid dienone is 2. The number of alkyl halides is 5. The minimum absolute atomic E-state index is 0.0197. The zero-order valence-electron chi connectivity index (χ0n) is 19.7. The second kappa shape index (κ2) is 10.7. The zero-order valence-corrected chi connectivity index (χ0v) is 20.6. The number of thioether (sulfide) groups is 1. The average Bonchev–Trinajstić information content (AvgIpc) is 3.25. The van der Waals surface area contributed by atoms with Crippen LogP contribution in [0.2, 0.25) is 0 Å². The Morgan fingerprint density at radius 2 is 1.81 bits per heavy atom. The van der Waals surface area contributed by atoms with E-state index in [0.29, 0.717) is 12.0 Å².